The van der Waals surface area contributed by atoms with Gasteiger partial charge >= 0.3 is 11.7 Å². The summed E-state index contributed by atoms with van der Waals surface area (Å²) in [6, 6.07) is 1.37. The van der Waals surface area contributed by atoms with Gasteiger partial charge in [0.1, 0.15) is 23.4 Å². The summed E-state index contributed by atoms with van der Waals surface area (Å²) in [4.78, 5) is 21.1. The van der Waals surface area contributed by atoms with Crippen LogP contribution < -0.4 is 0 Å². The lowest BCUT2D eigenvalue weighted by atomic mass is 10.3. The number of carboxylic acid groups (broad SMARTS) is 1. The first kappa shape index (κ1) is 12.8. The predicted octanol–water partition coefficient (Wildman–Crippen LogP) is 1.75. The van der Waals surface area contributed by atoms with E-state index in [9.17, 15) is 14.9 Å². The maximum atomic E-state index is 10.9. The van der Waals surface area contributed by atoms with Crippen LogP contribution in [0.5, 0.6) is 0 Å². The first-order chi connectivity index (χ1) is 8.90. The smallest absolute Gasteiger partial charge is 0.338 e. The SMILES string of the molecule is Cc1nn(Cc2cc(C(=O)O)co2)c(C)c1[N+](=O)[O-]. The Bertz CT molecular complexity index is 655. The van der Waals surface area contributed by atoms with Gasteiger partial charge in [0.05, 0.1) is 17.0 Å². The van der Waals surface area contributed by atoms with Crippen molar-refractivity contribution >= 4 is 11.7 Å². The fraction of sp³-hybridized carbons (Fsp3) is 0.273. The molecule has 0 atom stereocenters. The normalized spacial score (nSPS) is 10.6. The molecule has 0 saturated carbocycles. The van der Waals surface area contributed by atoms with E-state index in [1.165, 1.54) is 10.7 Å². The van der Waals surface area contributed by atoms with Gasteiger partial charge in [-0.05, 0) is 19.9 Å². The molecule has 0 spiro atoms. The zero-order valence-electron chi connectivity index (χ0n) is 10.3. The molecule has 100 valence electrons. The van der Waals surface area contributed by atoms with Crippen molar-refractivity contribution < 1.29 is 19.2 Å². The van der Waals surface area contributed by atoms with E-state index in [0.29, 0.717) is 17.1 Å². The minimum absolute atomic E-state index is 0.0334. The molecule has 0 aliphatic rings. The van der Waals surface area contributed by atoms with Gasteiger partial charge in [0.2, 0.25) is 0 Å². The van der Waals surface area contributed by atoms with Crippen molar-refractivity contribution in [3.05, 3.63) is 45.2 Å². The van der Waals surface area contributed by atoms with E-state index in [4.69, 9.17) is 9.52 Å². The standard InChI is InChI=1S/C11H11N3O5/c1-6-10(14(17)18)7(2)13(12-6)4-9-3-8(5-19-9)11(15)16/h3,5H,4H2,1-2H3,(H,15,16). The molecule has 0 aromatic carbocycles. The van der Waals surface area contributed by atoms with Crippen molar-refractivity contribution in [2.75, 3.05) is 0 Å². The topological polar surface area (TPSA) is 111 Å². The molecule has 2 aromatic rings. The maximum absolute atomic E-state index is 10.9. The summed E-state index contributed by atoms with van der Waals surface area (Å²) in [5.41, 5.74) is 0.708. The van der Waals surface area contributed by atoms with Crippen molar-refractivity contribution in [2.45, 2.75) is 20.4 Å². The summed E-state index contributed by atoms with van der Waals surface area (Å²) in [5.74, 6) is -0.716. The second kappa shape index (κ2) is 4.56. The van der Waals surface area contributed by atoms with Gasteiger partial charge in [-0.1, -0.05) is 0 Å². The van der Waals surface area contributed by atoms with Crippen molar-refractivity contribution in [1.82, 2.24) is 9.78 Å². The van der Waals surface area contributed by atoms with Crippen LogP contribution in [0.1, 0.15) is 27.5 Å². The quantitative estimate of drug-likeness (QED) is 0.665. The number of carboxylic acids is 1. The molecule has 0 radical (unpaired) electrons. The zero-order valence-corrected chi connectivity index (χ0v) is 10.3. The average molecular weight is 265 g/mol. The number of hydrogen-bond acceptors (Lipinski definition) is 5. The fourth-order valence-electron chi connectivity index (χ4n) is 1.83. The van der Waals surface area contributed by atoms with Gasteiger partial charge in [-0.2, -0.15) is 5.10 Å². The average Bonchev–Trinajstić information content (AvgIpc) is 2.85. The van der Waals surface area contributed by atoms with Crippen LogP contribution in [0.4, 0.5) is 5.69 Å². The van der Waals surface area contributed by atoms with Crippen LogP contribution >= 0.6 is 0 Å². The lowest BCUT2D eigenvalue weighted by Crippen LogP contribution is -2.03. The molecule has 0 aliphatic carbocycles. The molecule has 2 aromatic heterocycles. The Morgan fingerprint density at radius 2 is 2.26 bits per heavy atom. The number of nitrogens with zero attached hydrogens (tertiary/aromatic N) is 3. The van der Waals surface area contributed by atoms with E-state index in [0.717, 1.165) is 6.26 Å². The largest absolute Gasteiger partial charge is 0.478 e. The monoisotopic (exact) mass is 265 g/mol. The third-order valence-electron chi connectivity index (χ3n) is 2.73. The van der Waals surface area contributed by atoms with Crippen LogP contribution in [-0.4, -0.2) is 25.8 Å². The van der Waals surface area contributed by atoms with Gasteiger partial charge in [-0.3, -0.25) is 14.8 Å². The molecule has 2 heterocycles. The predicted molar refractivity (Wildman–Crippen MR) is 63.1 cm³/mol. The maximum Gasteiger partial charge on any atom is 0.338 e. The van der Waals surface area contributed by atoms with Gasteiger partial charge in [-0.15, -0.1) is 0 Å². The highest BCUT2D eigenvalue weighted by Crippen LogP contribution is 2.22. The van der Waals surface area contributed by atoms with Gasteiger partial charge < -0.3 is 9.52 Å². The molecule has 0 unspecified atom stereocenters. The van der Waals surface area contributed by atoms with Gasteiger partial charge in [0.25, 0.3) is 0 Å². The van der Waals surface area contributed by atoms with Crippen molar-refractivity contribution in [2.24, 2.45) is 0 Å². The van der Waals surface area contributed by atoms with Gasteiger partial charge in [0.15, 0.2) is 0 Å². The van der Waals surface area contributed by atoms with Crippen molar-refractivity contribution in [1.29, 1.82) is 0 Å². The summed E-state index contributed by atoms with van der Waals surface area (Å²) in [5, 5.41) is 23.7. The Balaban J connectivity index is 2.31. The molecular weight excluding hydrogens is 254 g/mol. The summed E-state index contributed by atoms with van der Waals surface area (Å²) in [6.45, 7) is 3.28. The number of rotatable bonds is 4. The van der Waals surface area contributed by atoms with E-state index < -0.39 is 10.9 Å². The van der Waals surface area contributed by atoms with Crippen LogP contribution in [0.3, 0.4) is 0 Å². The number of nitro groups is 1. The minimum Gasteiger partial charge on any atom is -0.478 e. The van der Waals surface area contributed by atoms with Crippen LogP contribution in [-0.2, 0) is 6.54 Å². The van der Waals surface area contributed by atoms with E-state index in [1.807, 2.05) is 0 Å². The van der Waals surface area contributed by atoms with Crippen LogP contribution in [0.2, 0.25) is 0 Å². The second-order valence-corrected chi connectivity index (χ2v) is 4.04. The fourth-order valence-corrected chi connectivity index (χ4v) is 1.83. The van der Waals surface area contributed by atoms with Gasteiger partial charge in [0, 0.05) is 0 Å². The minimum atomic E-state index is -1.09. The lowest BCUT2D eigenvalue weighted by molar-refractivity contribution is -0.386. The Morgan fingerprint density at radius 3 is 2.74 bits per heavy atom. The van der Waals surface area contributed by atoms with Crippen molar-refractivity contribution in [3.63, 3.8) is 0 Å². The number of carbonyl (C=O) groups is 1. The summed E-state index contributed by atoms with van der Waals surface area (Å²) < 4.78 is 6.50. The Labute approximate surface area is 107 Å². The Morgan fingerprint density at radius 1 is 1.58 bits per heavy atom. The molecule has 19 heavy (non-hydrogen) atoms. The highest BCUT2D eigenvalue weighted by Gasteiger charge is 2.22. The van der Waals surface area contributed by atoms with Crippen molar-refractivity contribution in [3.8, 4) is 0 Å². The molecule has 0 amide bonds. The Hall–Kier alpha value is -2.64. The third kappa shape index (κ3) is 2.32. The number of aromatic nitrogens is 2. The number of aromatic carboxylic acids is 1. The van der Waals surface area contributed by atoms with Crippen LogP contribution in [0.15, 0.2) is 16.7 Å². The van der Waals surface area contributed by atoms with Crippen LogP contribution in [0.25, 0.3) is 0 Å². The molecular formula is C11H11N3O5. The molecule has 0 saturated heterocycles. The molecule has 0 aliphatic heterocycles. The van der Waals surface area contributed by atoms with E-state index >= 15 is 0 Å². The first-order valence-electron chi connectivity index (χ1n) is 5.39. The number of furan rings is 1. The molecule has 0 bridgehead atoms. The first-order valence-corrected chi connectivity index (χ1v) is 5.39. The molecule has 1 N–H and O–H groups in total. The Kier molecular flexibility index (Phi) is 3.07. The number of hydrogen-bond donors (Lipinski definition) is 1. The highest BCUT2D eigenvalue weighted by atomic mass is 16.6. The zero-order chi connectivity index (χ0) is 14.2. The highest BCUT2D eigenvalue weighted by molar-refractivity contribution is 5.87. The van der Waals surface area contributed by atoms with Gasteiger partial charge in [-0.25, -0.2) is 4.79 Å². The van der Waals surface area contributed by atoms with E-state index in [1.54, 1.807) is 13.8 Å². The lowest BCUT2D eigenvalue weighted by Gasteiger charge is -1.99. The molecule has 8 nitrogen and oxygen atoms in total. The summed E-state index contributed by atoms with van der Waals surface area (Å²) in [6.07, 6.45) is 1.12. The number of aryl methyl sites for hydroxylation is 1. The summed E-state index contributed by atoms with van der Waals surface area (Å²) >= 11 is 0. The van der Waals surface area contributed by atoms with E-state index in [2.05, 4.69) is 5.10 Å². The van der Waals surface area contributed by atoms with E-state index in [-0.39, 0.29) is 17.8 Å². The summed E-state index contributed by atoms with van der Waals surface area (Å²) in [7, 11) is 0. The molecule has 0 fully saturated rings. The van der Waals surface area contributed by atoms with Crippen LogP contribution in [0, 0.1) is 24.0 Å². The third-order valence-corrected chi connectivity index (χ3v) is 2.73. The second-order valence-electron chi connectivity index (χ2n) is 4.04. The molecule has 8 heteroatoms. The molecule has 2 rings (SSSR count).